The molecule has 0 amide bonds. The molecule has 1 aromatic rings. The topological polar surface area (TPSA) is 89.7 Å². The predicted octanol–water partition coefficient (Wildman–Crippen LogP) is 1.47. The Morgan fingerprint density at radius 1 is 1.32 bits per heavy atom. The van der Waals surface area contributed by atoms with Crippen molar-refractivity contribution in [1.82, 2.24) is 4.31 Å². The zero-order valence-corrected chi connectivity index (χ0v) is 14.3. The molecule has 124 valence electrons. The highest BCUT2D eigenvalue weighted by Gasteiger charge is 2.27. The first-order chi connectivity index (χ1) is 10.2. The fourth-order valence-electron chi connectivity index (χ4n) is 1.92. The molecule has 1 unspecified atom stereocenters. The van der Waals surface area contributed by atoms with Crippen LogP contribution in [0.25, 0.3) is 0 Å². The van der Waals surface area contributed by atoms with Gasteiger partial charge in [0.05, 0.1) is 17.6 Å². The third-order valence-corrected chi connectivity index (χ3v) is 5.53. The van der Waals surface area contributed by atoms with Gasteiger partial charge in [-0.3, -0.25) is 0 Å². The van der Waals surface area contributed by atoms with Crippen LogP contribution < -0.4 is 5.73 Å². The van der Waals surface area contributed by atoms with Crippen molar-refractivity contribution in [2.45, 2.75) is 31.2 Å². The lowest BCUT2D eigenvalue weighted by atomic mass is 10.0. The smallest absolute Gasteiger partial charge is 0.339 e. The number of carbonyl (C=O) groups excluding carboxylic acids is 1. The number of benzene rings is 1. The number of ether oxygens (including phenoxy) is 1. The van der Waals surface area contributed by atoms with Crippen LogP contribution >= 0.6 is 0 Å². The molecule has 0 aliphatic rings. The van der Waals surface area contributed by atoms with Crippen molar-refractivity contribution in [3.63, 3.8) is 0 Å². The Balaban J connectivity index is 3.02. The van der Waals surface area contributed by atoms with Gasteiger partial charge in [-0.05, 0) is 24.5 Å². The normalized spacial score (nSPS) is 13.4. The van der Waals surface area contributed by atoms with Crippen molar-refractivity contribution in [2.75, 3.05) is 20.7 Å². The molecule has 6 nitrogen and oxygen atoms in total. The number of nitrogens with zero attached hydrogens (tertiary/aromatic N) is 1. The van der Waals surface area contributed by atoms with Gasteiger partial charge in [0.2, 0.25) is 10.0 Å². The van der Waals surface area contributed by atoms with Gasteiger partial charge < -0.3 is 10.5 Å². The van der Waals surface area contributed by atoms with E-state index in [-0.39, 0.29) is 29.0 Å². The van der Waals surface area contributed by atoms with E-state index >= 15 is 0 Å². The van der Waals surface area contributed by atoms with Crippen molar-refractivity contribution >= 4 is 16.0 Å². The Labute approximate surface area is 132 Å². The zero-order chi connectivity index (χ0) is 16.9. The zero-order valence-electron chi connectivity index (χ0n) is 13.4. The highest BCUT2D eigenvalue weighted by atomic mass is 32.2. The minimum atomic E-state index is -3.77. The molecule has 7 heteroatoms. The number of esters is 1. The molecular weight excluding hydrogens is 304 g/mol. The fraction of sp³-hybridized carbons (Fsp3) is 0.533. The van der Waals surface area contributed by atoms with Gasteiger partial charge in [0.25, 0.3) is 0 Å². The Kier molecular flexibility index (Phi) is 6.52. The summed E-state index contributed by atoms with van der Waals surface area (Å²) in [4.78, 5) is 11.7. The highest BCUT2D eigenvalue weighted by molar-refractivity contribution is 7.89. The molecule has 0 radical (unpaired) electrons. The SMILES string of the molecule is COC(=O)c1ccccc1S(=O)(=O)N(C)CCC(N)C(C)C. The maximum atomic E-state index is 12.6. The molecule has 0 bridgehead atoms. The summed E-state index contributed by atoms with van der Waals surface area (Å²) in [6.07, 6.45) is 0.549. The van der Waals surface area contributed by atoms with E-state index in [1.54, 1.807) is 12.1 Å². The van der Waals surface area contributed by atoms with Gasteiger partial charge in [0, 0.05) is 19.6 Å². The van der Waals surface area contributed by atoms with E-state index in [2.05, 4.69) is 4.74 Å². The van der Waals surface area contributed by atoms with E-state index in [1.807, 2.05) is 13.8 Å². The van der Waals surface area contributed by atoms with Crippen LogP contribution in [0.15, 0.2) is 29.2 Å². The molecule has 1 aromatic carbocycles. The van der Waals surface area contributed by atoms with Gasteiger partial charge in [-0.15, -0.1) is 0 Å². The van der Waals surface area contributed by atoms with Crippen LogP contribution in [0, 0.1) is 5.92 Å². The average molecular weight is 328 g/mol. The first-order valence-corrected chi connectivity index (χ1v) is 8.55. The van der Waals surface area contributed by atoms with Crippen LogP contribution in [-0.2, 0) is 14.8 Å². The minimum Gasteiger partial charge on any atom is -0.465 e. The molecule has 22 heavy (non-hydrogen) atoms. The average Bonchev–Trinajstić information content (AvgIpc) is 2.51. The molecule has 0 spiro atoms. The van der Waals surface area contributed by atoms with Crippen molar-refractivity contribution in [3.8, 4) is 0 Å². The second kappa shape index (κ2) is 7.71. The molecule has 0 saturated carbocycles. The number of sulfonamides is 1. The van der Waals surface area contributed by atoms with Crippen LogP contribution in [0.1, 0.15) is 30.6 Å². The van der Waals surface area contributed by atoms with Crippen LogP contribution in [0.2, 0.25) is 0 Å². The summed E-state index contributed by atoms with van der Waals surface area (Å²) in [6.45, 7) is 4.27. The van der Waals surface area contributed by atoms with E-state index in [4.69, 9.17) is 5.73 Å². The quantitative estimate of drug-likeness (QED) is 0.766. The maximum absolute atomic E-state index is 12.6. The van der Waals surface area contributed by atoms with Crippen LogP contribution in [-0.4, -0.2) is 45.4 Å². The summed E-state index contributed by atoms with van der Waals surface area (Å²) >= 11 is 0. The number of nitrogens with two attached hydrogens (primary N) is 1. The number of methoxy groups -OCH3 is 1. The molecule has 0 aromatic heterocycles. The molecule has 0 aliphatic carbocycles. The molecule has 1 atom stereocenters. The van der Waals surface area contributed by atoms with E-state index in [0.29, 0.717) is 6.42 Å². The monoisotopic (exact) mass is 328 g/mol. The van der Waals surface area contributed by atoms with Gasteiger partial charge in [-0.1, -0.05) is 26.0 Å². The highest BCUT2D eigenvalue weighted by Crippen LogP contribution is 2.20. The molecule has 2 N–H and O–H groups in total. The third kappa shape index (κ3) is 4.28. The Bertz CT molecular complexity index is 614. The van der Waals surface area contributed by atoms with Crippen molar-refractivity contribution in [2.24, 2.45) is 11.7 Å². The lowest BCUT2D eigenvalue weighted by molar-refractivity contribution is 0.0596. The molecule has 0 saturated heterocycles. The van der Waals surface area contributed by atoms with Gasteiger partial charge in [-0.2, -0.15) is 0 Å². The van der Waals surface area contributed by atoms with Gasteiger partial charge in [0.1, 0.15) is 0 Å². The van der Waals surface area contributed by atoms with Crippen LogP contribution in [0.4, 0.5) is 0 Å². The summed E-state index contributed by atoms with van der Waals surface area (Å²) in [5.41, 5.74) is 5.98. The van der Waals surface area contributed by atoms with Crippen LogP contribution in [0.5, 0.6) is 0 Å². The van der Waals surface area contributed by atoms with Gasteiger partial charge >= 0.3 is 5.97 Å². The van der Waals surface area contributed by atoms with E-state index < -0.39 is 16.0 Å². The van der Waals surface area contributed by atoms with Crippen molar-refractivity contribution < 1.29 is 17.9 Å². The van der Waals surface area contributed by atoms with Crippen molar-refractivity contribution in [1.29, 1.82) is 0 Å². The summed E-state index contributed by atoms with van der Waals surface area (Å²) in [5.74, 6) is -0.398. The number of hydrogen-bond acceptors (Lipinski definition) is 5. The Hall–Kier alpha value is -1.44. The fourth-order valence-corrected chi connectivity index (χ4v) is 3.28. The van der Waals surface area contributed by atoms with Crippen LogP contribution in [0.3, 0.4) is 0 Å². The van der Waals surface area contributed by atoms with Crippen molar-refractivity contribution in [3.05, 3.63) is 29.8 Å². The Morgan fingerprint density at radius 2 is 1.91 bits per heavy atom. The molecular formula is C15H24N2O4S. The first kappa shape index (κ1) is 18.6. The lowest BCUT2D eigenvalue weighted by Gasteiger charge is -2.22. The lowest BCUT2D eigenvalue weighted by Crippen LogP contribution is -2.35. The largest absolute Gasteiger partial charge is 0.465 e. The molecule has 0 fully saturated rings. The second-order valence-corrected chi connectivity index (χ2v) is 7.52. The number of hydrogen-bond donors (Lipinski definition) is 1. The summed E-state index contributed by atoms with van der Waals surface area (Å²) in [5, 5.41) is 0. The van der Waals surface area contributed by atoms with Gasteiger partial charge in [0.15, 0.2) is 0 Å². The number of carbonyl (C=O) groups is 1. The minimum absolute atomic E-state index is 0.0324. The second-order valence-electron chi connectivity index (χ2n) is 5.51. The van der Waals surface area contributed by atoms with E-state index in [9.17, 15) is 13.2 Å². The summed E-state index contributed by atoms with van der Waals surface area (Å²) < 4.78 is 31.1. The molecule has 0 heterocycles. The van der Waals surface area contributed by atoms with E-state index in [0.717, 1.165) is 0 Å². The maximum Gasteiger partial charge on any atom is 0.339 e. The summed E-state index contributed by atoms with van der Waals surface area (Å²) in [6, 6.07) is 5.94. The predicted molar refractivity (Wildman–Crippen MR) is 85.0 cm³/mol. The first-order valence-electron chi connectivity index (χ1n) is 7.11. The third-order valence-electron chi connectivity index (χ3n) is 3.61. The Morgan fingerprint density at radius 3 is 2.45 bits per heavy atom. The molecule has 1 rings (SSSR count). The number of rotatable bonds is 7. The van der Waals surface area contributed by atoms with Gasteiger partial charge in [-0.25, -0.2) is 17.5 Å². The van der Waals surface area contributed by atoms with E-state index in [1.165, 1.54) is 30.6 Å². The standard InChI is InChI=1S/C15H24N2O4S/c1-11(2)13(16)9-10-17(3)22(19,20)14-8-6-5-7-12(14)15(18)21-4/h5-8,11,13H,9-10,16H2,1-4H3. The molecule has 0 aliphatic heterocycles. The summed E-state index contributed by atoms with van der Waals surface area (Å²) in [7, 11) is -1.07.